The zero-order chi connectivity index (χ0) is 48.7. The number of allylic oxidation sites excluding steroid dienone is 4. The van der Waals surface area contributed by atoms with Crippen LogP contribution in [0.1, 0.15) is 22.3 Å². The van der Waals surface area contributed by atoms with Crippen molar-refractivity contribution in [2.75, 3.05) is 4.90 Å². The van der Waals surface area contributed by atoms with Crippen molar-refractivity contribution in [3.63, 3.8) is 0 Å². The van der Waals surface area contributed by atoms with E-state index in [4.69, 9.17) is 6.58 Å². The Morgan fingerprint density at radius 1 is 0.466 bits per heavy atom. The smallest absolute Gasteiger partial charge is 0.0699 e. The number of nitrogens with zero attached hydrogens (tertiary/aromatic N) is 4. The summed E-state index contributed by atoms with van der Waals surface area (Å²) in [6.45, 7) is 5.04. The molecule has 0 radical (unpaired) electrons. The monoisotopic (exact) mass is 934 g/mol. The minimum absolute atomic E-state index is 0.670. The van der Waals surface area contributed by atoms with Gasteiger partial charge in [0.1, 0.15) is 0 Å². The van der Waals surface area contributed by atoms with E-state index in [0.717, 1.165) is 62.7 Å². The molecule has 346 valence electrons. The van der Waals surface area contributed by atoms with Crippen LogP contribution in [0.15, 0.2) is 297 Å². The molecule has 3 aromatic heterocycles. The van der Waals surface area contributed by atoms with Gasteiger partial charge in [0.25, 0.3) is 0 Å². The summed E-state index contributed by atoms with van der Waals surface area (Å²) < 4.78 is 4.72. The van der Waals surface area contributed by atoms with E-state index in [0.29, 0.717) is 0 Å². The van der Waals surface area contributed by atoms with Crippen LogP contribution >= 0.6 is 0 Å². The predicted octanol–water partition coefficient (Wildman–Crippen LogP) is 17.2. The standard InChI is InChI=1S/C69H50N4/c1-49-47-61(27-16-18-53-17-14-15-28-65(53)69(49,55-19-6-2-7-20-55)56-21-8-3-9-22-56)72(59-34-29-50(30-35-59)52-41-44-70-45-42-52)60-36-31-51(32-37-60)54-33-39-67-64(48-54)62-38-40-66-63(43-46-71(66)57-23-10-4-11-24-57)68(62)73(67)58-25-12-5-13-26-58/h2-17,19-48H,1,18H2/b27-16-,61-47+. The third-order valence-electron chi connectivity index (χ3n) is 14.8. The van der Waals surface area contributed by atoms with Gasteiger partial charge < -0.3 is 14.0 Å². The number of aromatic nitrogens is 3. The number of para-hydroxylation sites is 2. The van der Waals surface area contributed by atoms with Crippen molar-refractivity contribution in [1.82, 2.24) is 14.1 Å². The first-order chi connectivity index (χ1) is 36.1. The van der Waals surface area contributed by atoms with Crippen molar-refractivity contribution in [3.8, 4) is 33.6 Å². The van der Waals surface area contributed by atoms with E-state index >= 15 is 0 Å². The highest BCUT2D eigenvalue weighted by molar-refractivity contribution is 6.19. The van der Waals surface area contributed by atoms with Crippen LogP contribution in [0.5, 0.6) is 0 Å². The van der Waals surface area contributed by atoms with E-state index in [1.54, 1.807) is 0 Å². The fourth-order valence-electron chi connectivity index (χ4n) is 11.4. The molecule has 0 bridgehead atoms. The number of anilines is 2. The van der Waals surface area contributed by atoms with Crippen molar-refractivity contribution >= 4 is 44.1 Å². The molecule has 0 amide bonds. The average Bonchev–Trinajstić information content (AvgIpc) is 4.06. The zero-order valence-corrected chi connectivity index (χ0v) is 40.3. The van der Waals surface area contributed by atoms with Crippen molar-refractivity contribution in [2.24, 2.45) is 0 Å². The number of hydrogen-bond donors (Lipinski definition) is 0. The normalized spacial score (nSPS) is 14.5. The number of rotatable bonds is 9. The maximum Gasteiger partial charge on any atom is 0.0699 e. The molecule has 0 fully saturated rings. The van der Waals surface area contributed by atoms with E-state index in [2.05, 4.69) is 286 Å². The topological polar surface area (TPSA) is 26.0 Å². The minimum atomic E-state index is -0.670. The van der Waals surface area contributed by atoms with E-state index in [-0.39, 0.29) is 0 Å². The fourth-order valence-corrected chi connectivity index (χ4v) is 11.4. The molecule has 13 rings (SSSR count). The average molecular weight is 935 g/mol. The molecule has 4 nitrogen and oxygen atoms in total. The van der Waals surface area contributed by atoms with E-state index in [1.807, 2.05) is 12.4 Å². The van der Waals surface area contributed by atoms with Gasteiger partial charge in [0, 0.05) is 63.2 Å². The van der Waals surface area contributed by atoms with Gasteiger partial charge >= 0.3 is 0 Å². The van der Waals surface area contributed by atoms with Crippen LogP contribution in [0.3, 0.4) is 0 Å². The molecule has 3 heterocycles. The molecule has 9 aromatic carbocycles. The molecule has 0 aliphatic heterocycles. The number of hydrogen-bond acceptors (Lipinski definition) is 2. The number of benzene rings is 9. The second kappa shape index (κ2) is 18.3. The molecule has 1 aliphatic rings. The lowest BCUT2D eigenvalue weighted by molar-refractivity contribution is 0.736. The molecule has 4 heteroatoms. The van der Waals surface area contributed by atoms with Crippen molar-refractivity contribution in [1.29, 1.82) is 0 Å². The molecule has 0 atom stereocenters. The lowest BCUT2D eigenvalue weighted by Gasteiger charge is -2.39. The van der Waals surface area contributed by atoms with E-state index in [9.17, 15) is 0 Å². The Bertz CT molecular complexity index is 3980. The highest BCUT2D eigenvalue weighted by Gasteiger charge is 2.40. The van der Waals surface area contributed by atoms with Crippen LogP contribution in [0.4, 0.5) is 11.4 Å². The Hall–Kier alpha value is -9.51. The molecule has 0 unspecified atom stereocenters. The molecule has 12 aromatic rings. The molecule has 1 aliphatic carbocycles. The lowest BCUT2D eigenvalue weighted by Crippen LogP contribution is -2.32. The van der Waals surface area contributed by atoms with Gasteiger partial charge in [-0.15, -0.1) is 0 Å². The van der Waals surface area contributed by atoms with Gasteiger partial charge in [0.15, 0.2) is 0 Å². The maximum atomic E-state index is 5.04. The number of pyridine rings is 1. The minimum Gasteiger partial charge on any atom is -0.316 e. The van der Waals surface area contributed by atoms with E-state index < -0.39 is 5.41 Å². The van der Waals surface area contributed by atoms with Gasteiger partial charge in [-0.1, -0.05) is 170 Å². The highest BCUT2D eigenvalue weighted by Crippen LogP contribution is 2.48. The number of fused-ring (bicyclic) bond motifs is 6. The molecule has 73 heavy (non-hydrogen) atoms. The summed E-state index contributed by atoms with van der Waals surface area (Å²) in [7, 11) is 0. The summed E-state index contributed by atoms with van der Waals surface area (Å²) in [6, 6.07) is 87.8. The van der Waals surface area contributed by atoms with Gasteiger partial charge in [0.05, 0.1) is 22.0 Å². The van der Waals surface area contributed by atoms with Crippen LogP contribution in [-0.4, -0.2) is 14.1 Å². The second-order valence-corrected chi connectivity index (χ2v) is 18.8. The van der Waals surface area contributed by atoms with Crippen molar-refractivity contribution in [3.05, 3.63) is 320 Å². The van der Waals surface area contributed by atoms with Gasteiger partial charge in [0.2, 0.25) is 0 Å². The first kappa shape index (κ1) is 43.5. The summed E-state index contributed by atoms with van der Waals surface area (Å²) in [5, 5.41) is 3.65. The molecular weight excluding hydrogens is 885 g/mol. The Balaban J connectivity index is 0.957. The summed E-state index contributed by atoms with van der Waals surface area (Å²) >= 11 is 0. The molecule has 0 saturated heterocycles. The highest BCUT2D eigenvalue weighted by atomic mass is 15.1. The van der Waals surface area contributed by atoms with Gasteiger partial charge in [-0.2, -0.15) is 0 Å². The first-order valence-corrected chi connectivity index (χ1v) is 25.0. The summed E-state index contributed by atoms with van der Waals surface area (Å²) in [4.78, 5) is 6.65. The molecule has 0 N–H and O–H groups in total. The second-order valence-electron chi connectivity index (χ2n) is 18.8. The fraction of sp³-hybridized carbons (Fsp3) is 0.0290. The molecular formula is C69H50N4. The Morgan fingerprint density at radius 2 is 1.01 bits per heavy atom. The Morgan fingerprint density at radius 3 is 1.67 bits per heavy atom. The van der Waals surface area contributed by atoms with Crippen LogP contribution in [0.25, 0.3) is 66.3 Å². The van der Waals surface area contributed by atoms with Crippen molar-refractivity contribution < 1.29 is 0 Å². The predicted molar refractivity (Wildman–Crippen MR) is 304 cm³/mol. The van der Waals surface area contributed by atoms with Crippen LogP contribution < -0.4 is 4.90 Å². The van der Waals surface area contributed by atoms with Crippen molar-refractivity contribution in [2.45, 2.75) is 11.8 Å². The first-order valence-electron chi connectivity index (χ1n) is 25.0. The summed E-state index contributed by atoms with van der Waals surface area (Å²) in [5.41, 5.74) is 18.6. The quantitative estimate of drug-likeness (QED) is 0.144. The third-order valence-corrected chi connectivity index (χ3v) is 14.8. The summed E-state index contributed by atoms with van der Waals surface area (Å²) in [6.07, 6.45) is 13.5. The zero-order valence-electron chi connectivity index (χ0n) is 40.3. The Labute approximate surface area is 426 Å². The molecule has 0 spiro atoms. The van der Waals surface area contributed by atoms with Crippen LogP contribution in [-0.2, 0) is 11.8 Å². The largest absolute Gasteiger partial charge is 0.316 e. The van der Waals surface area contributed by atoms with Gasteiger partial charge in [-0.3, -0.25) is 4.98 Å². The maximum absolute atomic E-state index is 5.04. The van der Waals surface area contributed by atoms with E-state index in [1.165, 1.54) is 55.0 Å². The SMILES string of the molecule is C=C1/C=C(N(c2ccc(-c3ccncc3)cc2)c2ccc(-c3ccc4c(c3)c3ccc5c(ccn5-c5ccccc5)c3n4-c3ccccc3)cc2)\C=C/Cc2ccccc2C1(c1ccccc1)c1ccccc1. The van der Waals surface area contributed by atoms with Gasteiger partial charge in [-0.05, 0) is 154 Å². The summed E-state index contributed by atoms with van der Waals surface area (Å²) in [5.74, 6) is 0. The van der Waals surface area contributed by atoms with Gasteiger partial charge in [-0.25, -0.2) is 0 Å². The van der Waals surface area contributed by atoms with Crippen LogP contribution in [0, 0.1) is 0 Å². The molecule has 0 saturated carbocycles. The third kappa shape index (κ3) is 7.51. The lowest BCUT2D eigenvalue weighted by atomic mass is 9.63. The van der Waals surface area contributed by atoms with Crippen LogP contribution in [0.2, 0.25) is 0 Å². The Kier molecular flexibility index (Phi) is 10.9.